The highest BCUT2D eigenvalue weighted by atomic mass is 35.5. The van der Waals surface area contributed by atoms with E-state index in [-0.39, 0.29) is 18.2 Å². The topological polar surface area (TPSA) is 96.3 Å². The average Bonchev–Trinajstić information content (AvgIpc) is 2.89. The second-order valence-corrected chi connectivity index (χ2v) is 11.2. The molecule has 2 unspecified atom stereocenters. The van der Waals surface area contributed by atoms with Crippen molar-refractivity contribution in [2.45, 2.75) is 57.8 Å². The van der Waals surface area contributed by atoms with Crippen molar-refractivity contribution in [2.75, 3.05) is 13.7 Å². The van der Waals surface area contributed by atoms with E-state index in [0.717, 1.165) is 29.5 Å². The molecule has 0 saturated carbocycles. The molecule has 0 aromatic heterocycles. The first-order valence-corrected chi connectivity index (χ1v) is 13.3. The summed E-state index contributed by atoms with van der Waals surface area (Å²) in [7, 11) is 1.45. The molecule has 39 heavy (non-hydrogen) atoms. The highest BCUT2D eigenvalue weighted by Gasteiger charge is 2.33. The monoisotopic (exact) mass is 551 g/mol. The lowest BCUT2D eigenvalue weighted by Gasteiger charge is -2.37. The Labute approximate surface area is 233 Å². The van der Waals surface area contributed by atoms with Crippen molar-refractivity contribution in [3.8, 4) is 16.9 Å². The van der Waals surface area contributed by atoms with Crippen LogP contribution < -0.4 is 4.74 Å². The fraction of sp³-hybridized carbons (Fsp3) is 0.355. The largest absolute Gasteiger partial charge is 0.496 e. The Morgan fingerprint density at radius 1 is 1.03 bits per heavy atom. The smallest absolute Gasteiger partial charge is 0.410 e. The Hall–Kier alpha value is -3.55. The summed E-state index contributed by atoms with van der Waals surface area (Å²) >= 11 is 6.01. The van der Waals surface area contributed by atoms with Crippen molar-refractivity contribution in [3.63, 3.8) is 0 Å². The number of halogens is 1. The summed E-state index contributed by atoms with van der Waals surface area (Å²) < 4.78 is 10.9. The number of hydrogen-bond donors (Lipinski definition) is 2. The van der Waals surface area contributed by atoms with E-state index < -0.39 is 23.8 Å². The molecule has 0 fully saturated rings. The minimum atomic E-state index is -1.06. The normalized spacial score (nSPS) is 15.7. The number of methoxy groups -OCH3 is 1. The third-order valence-electron chi connectivity index (χ3n) is 6.87. The van der Waals surface area contributed by atoms with Crippen LogP contribution in [0.5, 0.6) is 5.75 Å². The summed E-state index contributed by atoms with van der Waals surface area (Å²) in [6, 6.07) is 18.0. The second kappa shape index (κ2) is 11.7. The van der Waals surface area contributed by atoms with Crippen LogP contribution in [-0.2, 0) is 17.6 Å². The zero-order valence-electron chi connectivity index (χ0n) is 22.6. The van der Waals surface area contributed by atoms with E-state index in [2.05, 4.69) is 12.1 Å². The lowest BCUT2D eigenvalue weighted by atomic mass is 9.85. The molecular formula is C31H34ClNO6. The minimum absolute atomic E-state index is 0.0800. The van der Waals surface area contributed by atoms with Gasteiger partial charge in [-0.25, -0.2) is 9.59 Å². The van der Waals surface area contributed by atoms with Crippen LogP contribution in [0.4, 0.5) is 4.79 Å². The van der Waals surface area contributed by atoms with E-state index >= 15 is 0 Å². The number of carbonyl (C=O) groups excluding carboxylic acids is 1. The lowest BCUT2D eigenvalue weighted by Crippen LogP contribution is -2.47. The van der Waals surface area contributed by atoms with E-state index in [1.165, 1.54) is 12.7 Å². The molecule has 0 spiro atoms. The summed E-state index contributed by atoms with van der Waals surface area (Å²) in [5, 5.41) is 21.2. The van der Waals surface area contributed by atoms with Gasteiger partial charge in [-0.15, -0.1) is 0 Å². The highest BCUT2D eigenvalue weighted by molar-refractivity contribution is 6.30. The molecule has 0 aliphatic heterocycles. The van der Waals surface area contributed by atoms with Gasteiger partial charge in [0.15, 0.2) is 0 Å². The van der Waals surface area contributed by atoms with Crippen LogP contribution >= 0.6 is 11.6 Å². The number of fused-ring (bicyclic) bond motifs is 1. The van der Waals surface area contributed by atoms with Crippen molar-refractivity contribution in [3.05, 3.63) is 87.9 Å². The molecule has 1 amide bonds. The summed E-state index contributed by atoms with van der Waals surface area (Å²) in [6.07, 6.45) is 0.694. The van der Waals surface area contributed by atoms with Gasteiger partial charge in [-0.3, -0.25) is 0 Å². The molecule has 8 heteroatoms. The van der Waals surface area contributed by atoms with Crippen LogP contribution in [0, 0.1) is 0 Å². The molecular weight excluding hydrogens is 518 g/mol. The summed E-state index contributed by atoms with van der Waals surface area (Å²) in [4.78, 5) is 26.7. The van der Waals surface area contributed by atoms with Crippen LogP contribution in [0.3, 0.4) is 0 Å². The number of carboxylic acid groups (broad SMARTS) is 1. The number of aryl methyl sites for hydroxylation is 1. The van der Waals surface area contributed by atoms with Gasteiger partial charge in [-0.2, -0.15) is 0 Å². The number of aliphatic hydroxyl groups is 1. The minimum Gasteiger partial charge on any atom is -0.496 e. The zero-order valence-corrected chi connectivity index (χ0v) is 23.4. The Morgan fingerprint density at radius 2 is 1.69 bits per heavy atom. The Morgan fingerprint density at radius 3 is 2.33 bits per heavy atom. The van der Waals surface area contributed by atoms with Crippen LogP contribution in [-0.4, -0.2) is 52.5 Å². The Balaban J connectivity index is 1.62. The van der Waals surface area contributed by atoms with Gasteiger partial charge in [0.05, 0.1) is 19.8 Å². The van der Waals surface area contributed by atoms with Crippen molar-refractivity contribution >= 4 is 23.7 Å². The predicted molar refractivity (Wildman–Crippen MR) is 151 cm³/mol. The number of amides is 1. The quantitative estimate of drug-likeness (QED) is 0.346. The number of ether oxygens (including phenoxy) is 2. The van der Waals surface area contributed by atoms with Crippen molar-refractivity contribution in [2.24, 2.45) is 0 Å². The van der Waals surface area contributed by atoms with E-state index in [1.807, 2.05) is 32.9 Å². The summed E-state index contributed by atoms with van der Waals surface area (Å²) in [6.45, 7) is 5.54. The fourth-order valence-electron chi connectivity index (χ4n) is 4.91. The van der Waals surface area contributed by atoms with Gasteiger partial charge in [-0.05, 0) is 92.1 Å². The van der Waals surface area contributed by atoms with E-state index in [4.69, 9.17) is 21.1 Å². The number of aliphatic hydroxyl groups excluding tert-OH is 1. The fourth-order valence-corrected chi connectivity index (χ4v) is 5.03. The van der Waals surface area contributed by atoms with Gasteiger partial charge >= 0.3 is 12.1 Å². The molecule has 0 bridgehead atoms. The molecule has 3 aromatic rings. The van der Waals surface area contributed by atoms with Crippen molar-refractivity contribution in [1.29, 1.82) is 0 Å². The molecule has 0 radical (unpaired) electrons. The molecule has 1 aliphatic carbocycles. The maximum atomic E-state index is 13.3. The third kappa shape index (κ3) is 6.91. The molecule has 2 atom stereocenters. The second-order valence-electron chi connectivity index (χ2n) is 10.8. The molecule has 4 rings (SSSR count). The first-order chi connectivity index (χ1) is 18.4. The summed E-state index contributed by atoms with van der Waals surface area (Å²) in [5.74, 6) is -0.754. The molecule has 206 valence electrons. The molecule has 3 aromatic carbocycles. The van der Waals surface area contributed by atoms with Crippen LogP contribution in [0.15, 0.2) is 60.7 Å². The van der Waals surface area contributed by atoms with Gasteiger partial charge in [0, 0.05) is 11.1 Å². The maximum Gasteiger partial charge on any atom is 0.410 e. The lowest BCUT2D eigenvalue weighted by molar-refractivity contribution is 0.00194. The molecule has 7 nitrogen and oxygen atoms in total. The van der Waals surface area contributed by atoms with E-state index in [9.17, 15) is 19.8 Å². The number of nitrogens with zero attached hydrogens (tertiary/aromatic N) is 1. The zero-order chi connectivity index (χ0) is 28.3. The van der Waals surface area contributed by atoms with Gasteiger partial charge < -0.3 is 24.6 Å². The van der Waals surface area contributed by atoms with Gasteiger partial charge in [0.25, 0.3) is 0 Å². The van der Waals surface area contributed by atoms with E-state index in [1.54, 1.807) is 41.3 Å². The first kappa shape index (κ1) is 28.5. The third-order valence-corrected chi connectivity index (χ3v) is 7.12. The van der Waals surface area contributed by atoms with Gasteiger partial charge in [0.2, 0.25) is 0 Å². The molecule has 1 aliphatic rings. The van der Waals surface area contributed by atoms with Crippen LogP contribution in [0.1, 0.15) is 60.3 Å². The average molecular weight is 552 g/mol. The first-order valence-electron chi connectivity index (χ1n) is 12.9. The number of carbonyl (C=O) groups is 2. The number of carboxylic acids is 1. The molecule has 0 saturated heterocycles. The molecule has 2 N–H and O–H groups in total. The number of hydrogen-bond acceptors (Lipinski definition) is 5. The Kier molecular flexibility index (Phi) is 8.52. The SMILES string of the molecule is COc1ccc(-c2ccc3c(c2)CC(N(CC(O)c2ccc(Cl)cc2)C(=O)OC(C)(C)C)CC3)cc1C(=O)O. The number of benzene rings is 3. The Bertz CT molecular complexity index is 1350. The van der Waals surface area contributed by atoms with Crippen molar-refractivity contribution < 1.29 is 29.3 Å². The highest BCUT2D eigenvalue weighted by Crippen LogP contribution is 2.33. The van der Waals surface area contributed by atoms with Gasteiger partial charge in [0.1, 0.15) is 16.9 Å². The van der Waals surface area contributed by atoms with Gasteiger partial charge in [-0.1, -0.05) is 48.0 Å². The maximum absolute atomic E-state index is 13.3. The summed E-state index contributed by atoms with van der Waals surface area (Å²) in [5.41, 5.74) is 3.98. The van der Waals surface area contributed by atoms with Crippen LogP contribution in [0.25, 0.3) is 11.1 Å². The van der Waals surface area contributed by atoms with E-state index in [0.29, 0.717) is 22.8 Å². The number of rotatable bonds is 7. The number of aromatic carboxylic acids is 1. The standard InChI is InChI=1S/C31H34ClNO6/c1-31(2,3)39-30(37)33(18-27(34)20-7-11-24(32)12-8-20)25-13-9-19-5-6-21(15-23(19)16-25)22-10-14-28(38-4)26(17-22)29(35)36/h5-8,10-12,14-15,17,25,27,34H,9,13,16,18H2,1-4H3,(H,35,36). The predicted octanol–water partition coefficient (Wildman–Crippen LogP) is 6.54. The van der Waals surface area contributed by atoms with Crippen molar-refractivity contribution in [1.82, 2.24) is 4.90 Å². The van der Waals surface area contributed by atoms with Crippen LogP contribution in [0.2, 0.25) is 5.02 Å². The molecule has 0 heterocycles.